The Hall–Kier alpha value is -1.56. The maximum Gasteiger partial charge on any atom is 0.128 e. The van der Waals surface area contributed by atoms with Crippen molar-refractivity contribution >= 4 is 5.82 Å². The van der Waals surface area contributed by atoms with Gasteiger partial charge in [-0.15, -0.1) is 0 Å². The van der Waals surface area contributed by atoms with Crippen LogP contribution in [0.15, 0.2) is 18.3 Å². The minimum absolute atomic E-state index is 0.627. The van der Waals surface area contributed by atoms with Gasteiger partial charge in [-0.2, -0.15) is 5.26 Å². The Labute approximate surface area is 138 Å². The highest BCUT2D eigenvalue weighted by Crippen LogP contribution is 2.25. The zero-order valence-electron chi connectivity index (χ0n) is 15.8. The molecule has 2 rings (SSSR count). The number of nitrogens with zero attached hydrogens (tertiary/aromatic N) is 3. The largest absolute Gasteiger partial charge is 0.356 e. The minimum atomic E-state index is 0.627. The van der Waals surface area contributed by atoms with Crippen molar-refractivity contribution in [2.75, 3.05) is 18.0 Å². The lowest BCUT2D eigenvalue weighted by Crippen LogP contribution is -2.38. The Morgan fingerprint density at radius 2 is 1.64 bits per heavy atom. The summed E-state index contributed by atoms with van der Waals surface area (Å²) in [4.78, 5) is 6.65. The molecule has 0 bridgehead atoms. The van der Waals surface area contributed by atoms with Gasteiger partial charge in [-0.05, 0) is 30.4 Å². The van der Waals surface area contributed by atoms with Crippen molar-refractivity contribution in [3.05, 3.63) is 23.9 Å². The molecule has 126 valence electrons. The number of hydrogen-bond acceptors (Lipinski definition) is 3. The van der Waals surface area contributed by atoms with Gasteiger partial charge in [0, 0.05) is 19.3 Å². The summed E-state index contributed by atoms with van der Waals surface area (Å²) >= 11 is 0. The average Bonchev–Trinajstić information content (AvgIpc) is 2.63. The summed E-state index contributed by atoms with van der Waals surface area (Å²) in [5.74, 6) is 2.51. The van der Waals surface area contributed by atoms with Crippen molar-refractivity contribution in [3.8, 4) is 6.07 Å². The first-order valence-corrected chi connectivity index (χ1v) is 8.82. The van der Waals surface area contributed by atoms with Crippen molar-refractivity contribution in [3.63, 3.8) is 0 Å². The fourth-order valence-electron chi connectivity index (χ4n) is 2.11. The van der Waals surface area contributed by atoms with Crippen LogP contribution in [0.3, 0.4) is 0 Å². The second-order valence-electron chi connectivity index (χ2n) is 4.71. The third-order valence-electron chi connectivity index (χ3n) is 3.54. The molecule has 1 aromatic heterocycles. The number of rotatable bonds is 1. The lowest BCUT2D eigenvalue weighted by molar-refractivity contribution is 0.323. The Balaban J connectivity index is 0. The molecule has 1 aliphatic heterocycles. The molecule has 0 aromatic carbocycles. The van der Waals surface area contributed by atoms with Crippen molar-refractivity contribution < 1.29 is 0 Å². The Kier molecular flexibility index (Phi) is 14.8. The van der Waals surface area contributed by atoms with E-state index >= 15 is 0 Å². The molecule has 0 amide bonds. The van der Waals surface area contributed by atoms with Crippen LogP contribution in [0.25, 0.3) is 0 Å². The monoisotopic (exact) mass is 305 g/mol. The molecule has 1 fully saturated rings. The second kappa shape index (κ2) is 14.4. The number of nitriles is 1. The van der Waals surface area contributed by atoms with Crippen LogP contribution in [0, 0.1) is 23.2 Å². The third kappa shape index (κ3) is 7.45. The molecule has 1 aromatic rings. The predicted molar refractivity (Wildman–Crippen MR) is 98.2 cm³/mol. The van der Waals surface area contributed by atoms with Gasteiger partial charge < -0.3 is 4.90 Å². The van der Waals surface area contributed by atoms with E-state index < -0.39 is 0 Å². The first-order chi connectivity index (χ1) is 10.7. The van der Waals surface area contributed by atoms with E-state index in [-0.39, 0.29) is 0 Å². The van der Waals surface area contributed by atoms with Crippen LogP contribution >= 0.6 is 0 Å². The van der Waals surface area contributed by atoms with E-state index in [1.165, 1.54) is 6.42 Å². The number of pyridine rings is 1. The van der Waals surface area contributed by atoms with E-state index in [0.717, 1.165) is 24.8 Å². The van der Waals surface area contributed by atoms with E-state index in [4.69, 9.17) is 5.26 Å². The van der Waals surface area contributed by atoms with Crippen LogP contribution in [-0.4, -0.2) is 18.1 Å². The van der Waals surface area contributed by atoms with Crippen molar-refractivity contribution in [2.45, 2.75) is 61.8 Å². The Morgan fingerprint density at radius 1 is 1.05 bits per heavy atom. The quantitative estimate of drug-likeness (QED) is 0.686. The molecule has 22 heavy (non-hydrogen) atoms. The summed E-state index contributed by atoms with van der Waals surface area (Å²) in [6, 6.07) is 5.88. The van der Waals surface area contributed by atoms with Crippen molar-refractivity contribution in [1.82, 2.24) is 4.98 Å². The molecule has 3 nitrogen and oxygen atoms in total. The fourth-order valence-corrected chi connectivity index (χ4v) is 2.11. The molecule has 2 heterocycles. The summed E-state index contributed by atoms with van der Waals surface area (Å²) in [5, 5.41) is 8.71. The molecule has 1 saturated heterocycles. The van der Waals surface area contributed by atoms with E-state index in [9.17, 15) is 0 Å². The summed E-state index contributed by atoms with van der Waals surface area (Å²) < 4.78 is 0. The summed E-state index contributed by atoms with van der Waals surface area (Å²) in [6.45, 7) is 18.7. The van der Waals surface area contributed by atoms with Gasteiger partial charge in [0.2, 0.25) is 0 Å². The summed E-state index contributed by atoms with van der Waals surface area (Å²) in [7, 11) is 0. The molecule has 0 N–H and O–H groups in total. The molecule has 1 aliphatic rings. The van der Waals surface area contributed by atoms with E-state index in [1.54, 1.807) is 6.20 Å². The van der Waals surface area contributed by atoms with Crippen LogP contribution in [0.4, 0.5) is 5.82 Å². The molecule has 0 aliphatic carbocycles. The lowest BCUT2D eigenvalue weighted by atomic mass is 9.89. The van der Waals surface area contributed by atoms with Gasteiger partial charge in [-0.1, -0.05) is 55.4 Å². The van der Waals surface area contributed by atoms with Gasteiger partial charge in [0.05, 0.1) is 5.56 Å². The van der Waals surface area contributed by atoms with Crippen LogP contribution < -0.4 is 4.90 Å². The smallest absolute Gasteiger partial charge is 0.128 e. The van der Waals surface area contributed by atoms with E-state index in [1.807, 2.05) is 53.7 Å². The topological polar surface area (TPSA) is 39.9 Å². The van der Waals surface area contributed by atoms with Gasteiger partial charge in [0.15, 0.2) is 0 Å². The standard InChI is InChI=1S/C13H17N3.3C2H6/c1-10-5-6-16(9-11(10)2)13-4-3-12(7-14)8-15-13;3*1-2/h3-4,8,10-11H,5-6,9H2,1-2H3;3*1-2H3. The Bertz CT molecular complexity index is 392. The van der Waals surface area contributed by atoms with Gasteiger partial charge in [0.1, 0.15) is 11.9 Å². The maximum atomic E-state index is 8.71. The number of piperidine rings is 1. The van der Waals surface area contributed by atoms with Crippen LogP contribution in [0.1, 0.15) is 67.4 Å². The molecule has 2 atom stereocenters. The van der Waals surface area contributed by atoms with E-state index in [0.29, 0.717) is 11.5 Å². The lowest BCUT2D eigenvalue weighted by Gasteiger charge is -2.36. The fraction of sp³-hybridized carbons (Fsp3) is 0.684. The SMILES string of the molecule is CC.CC.CC.CC1CCN(c2ccc(C#N)cn2)CC1C. The van der Waals surface area contributed by atoms with Gasteiger partial charge in [-0.25, -0.2) is 4.98 Å². The number of anilines is 1. The minimum Gasteiger partial charge on any atom is -0.356 e. The first kappa shape index (κ1) is 22.7. The van der Waals surface area contributed by atoms with Gasteiger partial charge >= 0.3 is 0 Å². The van der Waals surface area contributed by atoms with Crippen LogP contribution in [-0.2, 0) is 0 Å². The van der Waals surface area contributed by atoms with Crippen LogP contribution in [0.2, 0.25) is 0 Å². The normalized spacial score (nSPS) is 19.1. The molecule has 0 spiro atoms. The zero-order chi connectivity index (χ0) is 17.5. The molecule has 0 radical (unpaired) electrons. The molecule has 2 unspecified atom stereocenters. The molecule has 3 heteroatoms. The highest BCUT2D eigenvalue weighted by molar-refractivity contribution is 5.42. The number of hydrogen-bond donors (Lipinski definition) is 0. The summed E-state index contributed by atoms with van der Waals surface area (Å²) in [6.07, 6.45) is 2.88. The van der Waals surface area contributed by atoms with Gasteiger partial charge in [0.25, 0.3) is 0 Å². The maximum absolute atomic E-state index is 8.71. The Morgan fingerprint density at radius 3 is 2.05 bits per heavy atom. The second-order valence-corrected chi connectivity index (χ2v) is 4.71. The highest BCUT2D eigenvalue weighted by Gasteiger charge is 2.23. The zero-order valence-corrected chi connectivity index (χ0v) is 15.8. The third-order valence-corrected chi connectivity index (χ3v) is 3.54. The number of aromatic nitrogens is 1. The average molecular weight is 306 g/mol. The predicted octanol–water partition coefficient (Wildman–Crippen LogP) is 5.51. The van der Waals surface area contributed by atoms with Gasteiger partial charge in [-0.3, -0.25) is 0 Å². The molecule has 0 saturated carbocycles. The molecular weight excluding hydrogens is 270 g/mol. The first-order valence-electron chi connectivity index (χ1n) is 8.82. The van der Waals surface area contributed by atoms with Crippen LogP contribution in [0.5, 0.6) is 0 Å². The summed E-state index contributed by atoms with van der Waals surface area (Å²) in [5.41, 5.74) is 0.627. The van der Waals surface area contributed by atoms with E-state index in [2.05, 4.69) is 29.8 Å². The molecular formula is C19H35N3. The highest BCUT2D eigenvalue weighted by atomic mass is 15.2. The van der Waals surface area contributed by atoms with Crippen molar-refractivity contribution in [1.29, 1.82) is 5.26 Å². The van der Waals surface area contributed by atoms with Crippen molar-refractivity contribution in [2.24, 2.45) is 11.8 Å².